The van der Waals surface area contributed by atoms with E-state index >= 15 is 0 Å². The van der Waals surface area contributed by atoms with Gasteiger partial charge >= 0.3 is 0 Å². The smallest absolute Gasteiger partial charge is 0.240 e. The fraction of sp³-hybridized carbons (Fsp3) is 0.579. The lowest BCUT2D eigenvalue weighted by atomic mass is 9.85. The second kappa shape index (κ2) is 6.20. The Bertz CT molecular complexity index is 617. The zero-order valence-corrected chi connectivity index (χ0v) is 14.2. The molecule has 1 aromatic carbocycles. The molecule has 4 rings (SSSR count). The number of carbonyl (C=O) groups is 2. The Morgan fingerprint density at radius 3 is 2.33 bits per heavy atom. The molecule has 0 unspecified atom stereocenters. The van der Waals surface area contributed by atoms with Gasteiger partial charge in [0.2, 0.25) is 11.8 Å². The van der Waals surface area contributed by atoms with Crippen molar-refractivity contribution in [2.75, 3.05) is 37.7 Å². The molecule has 0 aromatic heterocycles. The van der Waals surface area contributed by atoms with Crippen LogP contribution in [0.3, 0.4) is 0 Å². The first-order chi connectivity index (χ1) is 11.7. The quantitative estimate of drug-likeness (QED) is 0.830. The molecule has 2 amide bonds. The van der Waals surface area contributed by atoms with E-state index in [0.29, 0.717) is 13.1 Å². The third kappa shape index (κ3) is 2.71. The van der Waals surface area contributed by atoms with Gasteiger partial charge in [0.15, 0.2) is 6.67 Å². The highest BCUT2D eigenvalue weighted by molar-refractivity contribution is 6.05. The highest BCUT2D eigenvalue weighted by Gasteiger charge is 2.53. The number of para-hydroxylation sites is 1. The monoisotopic (exact) mass is 328 g/mol. The van der Waals surface area contributed by atoms with E-state index in [-0.39, 0.29) is 17.2 Å². The van der Waals surface area contributed by atoms with Crippen molar-refractivity contribution in [1.29, 1.82) is 0 Å². The molecule has 128 valence electrons. The van der Waals surface area contributed by atoms with Crippen molar-refractivity contribution in [2.45, 2.75) is 32.1 Å². The molecule has 0 radical (unpaired) electrons. The third-order valence-corrected chi connectivity index (χ3v) is 6.02. The molecular weight excluding hydrogens is 302 g/mol. The minimum Gasteiger partial charge on any atom is -0.360 e. The normalized spacial score (nSPS) is 24.3. The highest BCUT2D eigenvalue weighted by Crippen LogP contribution is 2.46. The van der Waals surface area contributed by atoms with Crippen molar-refractivity contribution in [2.24, 2.45) is 5.41 Å². The van der Waals surface area contributed by atoms with Gasteiger partial charge in [0.1, 0.15) is 0 Å². The number of rotatable bonds is 3. The van der Waals surface area contributed by atoms with Crippen LogP contribution in [-0.2, 0) is 9.59 Å². The molecule has 3 aliphatic rings. The predicted octanol–water partition coefficient (Wildman–Crippen LogP) is 0.668. The molecule has 2 heterocycles. The van der Waals surface area contributed by atoms with Gasteiger partial charge in [-0.3, -0.25) is 9.59 Å². The van der Waals surface area contributed by atoms with Gasteiger partial charge in [-0.15, -0.1) is 0 Å². The van der Waals surface area contributed by atoms with Gasteiger partial charge in [0, 0.05) is 12.1 Å². The number of hydrogen-bond acceptors (Lipinski definition) is 3. The van der Waals surface area contributed by atoms with Crippen LogP contribution >= 0.6 is 0 Å². The number of likely N-dealkylation sites (tertiary alicyclic amines) is 1. The maximum absolute atomic E-state index is 12.8. The van der Waals surface area contributed by atoms with Crippen LogP contribution in [0.4, 0.5) is 5.69 Å². The average Bonchev–Trinajstić information content (AvgIpc) is 3.17. The summed E-state index contributed by atoms with van der Waals surface area (Å²) in [6.07, 6.45) is 4.45. The number of nitrogens with one attached hydrogen (secondary N) is 1. The van der Waals surface area contributed by atoms with Crippen molar-refractivity contribution >= 4 is 17.5 Å². The van der Waals surface area contributed by atoms with Crippen molar-refractivity contribution in [1.82, 2.24) is 4.90 Å². The number of nitrogens with zero attached hydrogens (tertiary/aromatic N) is 2. The molecule has 1 saturated carbocycles. The molecule has 3 fully saturated rings. The topological polar surface area (TPSA) is 45.1 Å². The number of imide groups is 1. The summed E-state index contributed by atoms with van der Waals surface area (Å²) in [4.78, 5) is 30.5. The van der Waals surface area contributed by atoms with Gasteiger partial charge in [0.05, 0.1) is 31.6 Å². The Hall–Kier alpha value is -1.88. The molecule has 5 nitrogen and oxygen atoms in total. The van der Waals surface area contributed by atoms with Crippen LogP contribution < -0.4 is 9.80 Å². The number of benzene rings is 1. The summed E-state index contributed by atoms with van der Waals surface area (Å²) in [5.74, 6) is 0.169. The zero-order valence-electron chi connectivity index (χ0n) is 14.2. The van der Waals surface area contributed by atoms with E-state index in [1.165, 1.54) is 10.6 Å². The number of carbonyl (C=O) groups excluding carboxylic acids is 2. The lowest BCUT2D eigenvalue weighted by Gasteiger charge is -2.35. The maximum Gasteiger partial charge on any atom is 0.240 e. The van der Waals surface area contributed by atoms with E-state index < -0.39 is 0 Å². The molecule has 1 aromatic rings. The molecule has 2 aliphatic heterocycles. The molecule has 1 aliphatic carbocycles. The van der Waals surface area contributed by atoms with Crippen LogP contribution in [0.1, 0.15) is 32.1 Å². The van der Waals surface area contributed by atoms with Gasteiger partial charge in [-0.1, -0.05) is 31.0 Å². The van der Waals surface area contributed by atoms with Gasteiger partial charge in [-0.2, -0.15) is 0 Å². The average molecular weight is 328 g/mol. The van der Waals surface area contributed by atoms with Crippen LogP contribution in [0.2, 0.25) is 0 Å². The van der Waals surface area contributed by atoms with Crippen molar-refractivity contribution in [3.63, 3.8) is 0 Å². The largest absolute Gasteiger partial charge is 0.360 e. The van der Waals surface area contributed by atoms with Gasteiger partial charge in [-0.05, 0) is 25.0 Å². The SMILES string of the molecule is O=C1CC2(CCCC2)C(=O)N1C[NH+]1CCN(c2ccccc2)CC1. The summed E-state index contributed by atoms with van der Waals surface area (Å²) in [6, 6.07) is 10.5. The van der Waals surface area contributed by atoms with E-state index in [2.05, 4.69) is 29.2 Å². The Morgan fingerprint density at radius 1 is 1.00 bits per heavy atom. The van der Waals surface area contributed by atoms with Crippen LogP contribution in [0, 0.1) is 5.41 Å². The van der Waals surface area contributed by atoms with E-state index in [0.717, 1.165) is 51.9 Å². The number of piperazine rings is 1. The Kier molecular flexibility index (Phi) is 4.04. The third-order valence-electron chi connectivity index (χ3n) is 6.02. The zero-order chi connectivity index (χ0) is 16.6. The Morgan fingerprint density at radius 2 is 1.67 bits per heavy atom. The Labute approximate surface area is 143 Å². The molecule has 0 atom stereocenters. The fourth-order valence-electron chi connectivity index (χ4n) is 4.56. The van der Waals surface area contributed by atoms with E-state index in [4.69, 9.17) is 0 Å². The second-order valence-electron chi connectivity index (χ2n) is 7.52. The van der Waals surface area contributed by atoms with Crippen LogP contribution in [-0.4, -0.2) is 49.6 Å². The van der Waals surface area contributed by atoms with Gasteiger partial charge in [0.25, 0.3) is 0 Å². The van der Waals surface area contributed by atoms with Crippen LogP contribution in [0.5, 0.6) is 0 Å². The standard InChI is InChI=1S/C19H25N3O2/c23-17-14-19(8-4-5-9-19)18(24)22(17)15-20-10-12-21(13-11-20)16-6-2-1-3-7-16/h1-3,6-7H,4-5,8-15H2/p+1. The summed E-state index contributed by atoms with van der Waals surface area (Å²) >= 11 is 0. The fourth-order valence-corrected chi connectivity index (χ4v) is 4.56. The molecular formula is C19H26N3O2+. The minimum absolute atomic E-state index is 0.0555. The first-order valence-corrected chi connectivity index (χ1v) is 9.16. The first kappa shape index (κ1) is 15.6. The number of hydrogen-bond donors (Lipinski definition) is 1. The summed E-state index contributed by atoms with van der Waals surface area (Å²) in [6.45, 7) is 4.45. The van der Waals surface area contributed by atoms with E-state index in [9.17, 15) is 9.59 Å². The maximum atomic E-state index is 12.8. The minimum atomic E-state index is -0.331. The van der Waals surface area contributed by atoms with Crippen LogP contribution in [0.15, 0.2) is 30.3 Å². The summed E-state index contributed by atoms with van der Waals surface area (Å²) in [5.41, 5.74) is 0.928. The van der Waals surface area contributed by atoms with E-state index in [1.807, 2.05) is 6.07 Å². The Balaban J connectivity index is 1.36. The van der Waals surface area contributed by atoms with Gasteiger partial charge < -0.3 is 9.80 Å². The molecule has 1 spiro atoms. The number of amides is 2. The molecule has 0 bridgehead atoms. The number of anilines is 1. The molecule has 2 saturated heterocycles. The van der Waals surface area contributed by atoms with Crippen molar-refractivity contribution in [3.8, 4) is 0 Å². The predicted molar refractivity (Wildman–Crippen MR) is 91.6 cm³/mol. The second-order valence-corrected chi connectivity index (χ2v) is 7.52. The van der Waals surface area contributed by atoms with Crippen molar-refractivity contribution in [3.05, 3.63) is 30.3 Å². The summed E-state index contributed by atoms with van der Waals surface area (Å²) in [7, 11) is 0. The molecule has 24 heavy (non-hydrogen) atoms. The molecule has 5 heteroatoms. The summed E-state index contributed by atoms with van der Waals surface area (Å²) in [5, 5.41) is 0. The lowest BCUT2D eigenvalue weighted by molar-refractivity contribution is -0.908. The van der Waals surface area contributed by atoms with Crippen LogP contribution in [0.25, 0.3) is 0 Å². The van der Waals surface area contributed by atoms with E-state index in [1.54, 1.807) is 4.90 Å². The van der Waals surface area contributed by atoms with Gasteiger partial charge in [-0.25, -0.2) is 4.90 Å². The highest BCUT2D eigenvalue weighted by atomic mass is 16.2. The lowest BCUT2D eigenvalue weighted by Crippen LogP contribution is -3.16. The molecule has 1 N–H and O–H groups in total. The first-order valence-electron chi connectivity index (χ1n) is 9.16. The van der Waals surface area contributed by atoms with Crippen molar-refractivity contribution < 1.29 is 14.5 Å². The number of quaternary nitrogens is 1. The summed E-state index contributed by atoms with van der Waals surface area (Å²) < 4.78 is 0.